The quantitative estimate of drug-likeness (QED) is 0.840. The average Bonchev–Trinajstić information content (AvgIpc) is 3.01. The van der Waals surface area contributed by atoms with Crippen molar-refractivity contribution < 1.29 is 9.53 Å². The number of aromatic nitrogens is 1. The lowest BCUT2D eigenvalue weighted by atomic mass is 9.78. The fourth-order valence-electron chi connectivity index (χ4n) is 3.66. The Morgan fingerprint density at radius 3 is 3.05 bits per heavy atom. The Balaban J connectivity index is 1.76. The van der Waals surface area contributed by atoms with Gasteiger partial charge >= 0.3 is 0 Å². The van der Waals surface area contributed by atoms with Crippen molar-refractivity contribution >= 4 is 11.7 Å². The SMILES string of the molecule is COCCN1CC[C@]2(CN(c3ccccn3)C[C@H]2C)C1=O. The number of likely N-dealkylation sites (tertiary alicyclic amines) is 1. The molecule has 2 atom stereocenters. The summed E-state index contributed by atoms with van der Waals surface area (Å²) in [6.45, 7) is 6.05. The number of anilines is 1. The Hall–Kier alpha value is -1.62. The first-order valence-electron chi connectivity index (χ1n) is 7.62. The number of amides is 1. The Kier molecular flexibility index (Phi) is 3.85. The van der Waals surface area contributed by atoms with Crippen LogP contribution in [-0.4, -0.2) is 55.7 Å². The predicted molar refractivity (Wildman–Crippen MR) is 81.1 cm³/mol. The Morgan fingerprint density at radius 1 is 1.48 bits per heavy atom. The van der Waals surface area contributed by atoms with Crippen LogP contribution in [0.5, 0.6) is 0 Å². The van der Waals surface area contributed by atoms with Crippen LogP contribution in [0.25, 0.3) is 0 Å². The third-order valence-corrected chi connectivity index (χ3v) is 4.99. The molecule has 1 amide bonds. The highest BCUT2D eigenvalue weighted by atomic mass is 16.5. The smallest absolute Gasteiger partial charge is 0.231 e. The van der Waals surface area contributed by atoms with Crippen LogP contribution in [0.4, 0.5) is 5.82 Å². The normalized spacial score (nSPS) is 28.9. The number of hydrogen-bond donors (Lipinski definition) is 0. The van der Waals surface area contributed by atoms with Gasteiger partial charge in [-0.2, -0.15) is 0 Å². The topological polar surface area (TPSA) is 45.7 Å². The number of rotatable bonds is 4. The molecule has 0 aromatic carbocycles. The summed E-state index contributed by atoms with van der Waals surface area (Å²) in [5.74, 6) is 1.63. The molecule has 21 heavy (non-hydrogen) atoms. The van der Waals surface area contributed by atoms with Crippen molar-refractivity contribution in [1.29, 1.82) is 0 Å². The number of pyridine rings is 1. The predicted octanol–water partition coefficient (Wildman–Crippen LogP) is 1.40. The number of nitrogens with zero attached hydrogens (tertiary/aromatic N) is 3. The van der Waals surface area contributed by atoms with Gasteiger partial charge < -0.3 is 14.5 Å². The maximum atomic E-state index is 12.8. The molecular formula is C16H23N3O2. The van der Waals surface area contributed by atoms with E-state index in [4.69, 9.17) is 4.74 Å². The van der Waals surface area contributed by atoms with Gasteiger partial charge in [-0.15, -0.1) is 0 Å². The van der Waals surface area contributed by atoms with Crippen molar-refractivity contribution in [2.75, 3.05) is 44.8 Å². The van der Waals surface area contributed by atoms with E-state index in [1.54, 1.807) is 7.11 Å². The van der Waals surface area contributed by atoms with Crippen LogP contribution in [0.3, 0.4) is 0 Å². The molecule has 3 rings (SSSR count). The van der Waals surface area contributed by atoms with Crippen molar-refractivity contribution in [3.8, 4) is 0 Å². The summed E-state index contributed by atoms with van der Waals surface area (Å²) >= 11 is 0. The molecule has 0 N–H and O–H groups in total. The lowest BCUT2D eigenvalue weighted by Crippen LogP contribution is -2.40. The van der Waals surface area contributed by atoms with Gasteiger partial charge in [-0.3, -0.25) is 4.79 Å². The van der Waals surface area contributed by atoms with Crippen molar-refractivity contribution in [2.45, 2.75) is 13.3 Å². The van der Waals surface area contributed by atoms with Crippen molar-refractivity contribution in [2.24, 2.45) is 11.3 Å². The summed E-state index contributed by atoms with van der Waals surface area (Å²) in [7, 11) is 1.68. The summed E-state index contributed by atoms with van der Waals surface area (Å²) in [6, 6.07) is 5.94. The maximum Gasteiger partial charge on any atom is 0.231 e. The fourth-order valence-corrected chi connectivity index (χ4v) is 3.66. The van der Waals surface area contributed by atoms with E-state index < -0.39 is 0 Å². The monoisotopic (exact) mass is 289 g/mol. The second kappa shape index (κ2) is 5.64. The number of carbonyl (C=O) groups is 1. The number of methoxy groups -OCH3 is 1. The van der Waals surface area contributed by atoms with Gasteiger partial charge in [0.15, 0.2) is 0 Å². The minimum absolute atomic E-state index is 0.231. The van der Waals surface area contributed by atoms with E-state index in [1.165, 1.54) is 0 Å². The van der Waals surface area contributed by atoms with E-state index >= 15 is 0 Å². The number of carbonyl (C=O) groups excluding carboxylic acids is 1. The average molecular weight is 289 g/mol. The molecule has 0 saturated carbocycles. The highest BCUT2D eigenvalue weighted by Gasteiger charge is 2.55. The van der Waals surface area contributed by atoms with Crippen LogP contribution in [0, 0.1) is 11.3 Å². The Bertz CT molecular complexity index is 508. The zero-order valence-electron chi connectivity index (χ0n) is 12.8. The van der Waals surface area contributed by atoms with Crippen LogP contribution < -0.4 is 4.90 Å². The molecule has 5 heteroatoms. The molecule has 2 fully saturated rings. The first-order chi connectivity index (χ1) is 10.2. The Labute approximate surface area is 125 Å². The van der Waals surface area contributed by atoms with Crippen LogP contribution in [-0.2, 0) is 9.53 Å². The zero-order valence-corrected chi connectivity index (χ0v) is 12.8. The molecule has 0 bridgehead atoms. The molecule has 2 aliphatic heterocycles. The van der Waals surface area contributed by atoms with Crippen molar-refractivity contribution in [3.05, 3.63) is 24.4 Å². The highest BCUT2D eigenvalue weighted by Crippen LogP contribution is 2.45. The third-order valence-electron chi connectivity index (χ3n) is 4.99. The standard InChI is InChI=1S/C16H23N3O2/c1-13-11-19(14-5-3-4-7-17-14)12-16(13)6-8-18(15(16)20)9-10-21-2/h3-5,7,13H,6,8-12H2,1-2H3/t13-,16-/m1/s1. The van der Waals surface area contributed by atoms with Crippen LogP contribution in [0.1, 0.15) is 13.3 Å². The summed E-state index contributed by atoms with van der Waals surface area (Å²) < 4.78 is 5.11. The Morgan fingerprint density at radius 2 is 2.33 bits per heavy atom. The molecule has 2 saturated heterocycles. The molecule has 5 nitrogen and oxygen atoms in total. The van der Waals surface area contributed by atoms with Gasteiger partial charge in [0.1, 0.15) is 5.82 Å². The van der Waals surface area contributed by atoms with Crippen LogP contribution in [0.2, 0.25) is 0 Å². The summed E-state index contributed by atoms with van der Waals surface area (Å²) in [5.41, 5.74) is -0.231. The minimum atomic E-state index is -0.231. The zero-order chi connectivity index (χ0) is 14.9. The van der Waals surface area contributed by atoms with Crippen LogP contribution >= 0.6 is 0 Å². The lowest BCUT2D eigenvalue weighted by molar-refractivity contribution is -0.137. The number of hydrogen-bond acceptors (Lipinski definition) is 4. The van der Waals surface area contributed by atoms with Gasteiger partial charge in [0.25, 0.3) is 0 Å². The summed E-state index contributed by atoms with van der Waals surface area (Å²) in [4.78, 5) is 21.5. The molecule has 0 unspecified atom stereocenters. The van der Waals surface area contributed by atoms with Crippen molar-refractivity contribution in [3.63, 3.8) is 0 Å². The first kappa shape index (κ1) is 14.3. The first-order valence-corrected chi connectivity index (χ1v) is 7.62. The van der Waals surface area contributed by atoms with Crippen LogP contribution in [0.15, 0.2) is 24.4 Å². The van der Waals surface area contributed by atoms with E-state index in [9.17, 15) is 4.79 Å². The molecule has 1 aromatic heterocycles. The van der Waals surface area contributed by atoms with E-state index in [0.717, 1.165) is 31.9 Å². The van der Waals surface area contributed by atoms with Gasteiger partial charge in [0, 0.05) is 39.5 Å². The molecular weight excluding hydrogens is 266 g/mol. The molecule has 3 heterocycles. The molecule has 2 aliphatic rings. The number of ether oxygens (including phenoxy) is 1. The molecule has 1 spiro atoms. The summed E-state index contributed by atoms with van der Waals surface area (Å²) in [6.07, 6.45) is 2.76. The lowest BCUT2D eigenvalue weighted by Gasteiger charge is -2.26. The largest absolute Gasteiger partial charge is 0.383 e. The van der Waals surface area contributed by atoms with E-state index in [2.05, 4.69) is 16.8 Å². The minimum Gasteiger partial charge on any atom is -0.383 e. The molecule has 0 radical (unpaired) electrons. The van der Waals surface area contributed by atoms with Gasteiger partial charge in [0.2, 0.25) is 5.91 Å². The second-order valence-electron chi connectivity index (χ2n) is 6.16. The fraction of sp³-hybridized carbons (Fsp3) is 0.625. The van der Waals surface area contributed by atoms with E-state index in [1.807, 2.05) is 29.3 Å². The molecule has 1 aromatic rings. The van der Waals surface area contributed by atoms with E-state index in [0.29, 0.717) is 25.0 Å². The van der Waals surface area contributed by atoms with Gasteiger partial charge in [-0.1, -0.05) is 13.0 Å². The highest BCUT2D eigenvalue weighted by molar-refractivity contribution is 5.86. The summed E-state index contributed by atoms with van der Waals surface area (Å²) in [5, 5.41) is 0. The molecule has 114 valence electrons. The van der Waals surface area contributed by atoms with E-state index in [-0.39, 0.29) is 5.41 Å². The van der Waals surface area contributed by atoms with Gasteiger partial charge in [-0.05, 0) is 24.5 Å². The molecule has 0 aliphatic carbocycles. The second-order valence-corrected chi connectivity index (χ2v) is 6.16. The van der Waals surface area contributed by atoms with Crippen molar-refractivity contribution in [1.82, 2.24) is 9.88 Å². The maximum absolute atomic E-state index is 12.8. The third kappa shape index (κ3) is 2.39. The van der Waals surface area contributed by atoms with Gasteiger partial charge in [0.05, 0.1) is 12.0 Å². The van der Waals surface area contributed by atoms with Gasteiger partial charge in [-0.25, -0.2) is 4.98 Å².